The van der Waals surface area contributed by atoms with Crippen LogP contribution in [0.2, 0.25) is 0 Å². The van der Waals surface area contributed by atoms with Crippen molar-refractivity contribution in [2.24, 2.45) is 11.8 Å². The van der Waals surface area contributed by atoms with Gasteiger partial charge in [-0.25, -0.2) is 0 Å². The van der Waals surface area contributed by atoms with Gasteiger partial charge in [0.15, 0.2) is 0 Å². The average Bonchev–Trinajstić information content (AvgIpc) is 2.73. The zero-order valence-electron chi connectivity index (χ0n) is 11.5. The maximum absolute atomic E-state index is 12.0. The Morgan fingerprint density at radius 3 is 2.75 bits per heavy atom. The van der Waals surface area contributed by atoms with E-state index < -0.39 is 4.92 Å². The summed E-state index contributed by atoms with van der Waals surface area (Å²) in [6.07, 6.45) is 0.580. The summed E-state index contributed by atoms with van der Waals surface area (Å²) >= 11 is 3.16. The summed E-state index contributed by atoms with van der Waals surface area (Å²) < 4.78 is 0.457. The Morgan fingerprint density at radius 1 is 1.50 bits per heavy atom. The standard InChI is InChI=1S/C14H17BrN2O3/c1-9(2)11-6-14(18)16(8-11)7-10-3-4-12(15)13(5-10)17(19)20/h3-5,9,11H,6-8H2,1-2H3. The summed E-state index contributed by atoms with van der Waals surface area (Å²) in [6.45, 7) is 5.41. The Balaban J connectivity index is 2.13. The molecule has 0 N–H and O–H groups in total. The molecule has 1 amide bonds. The van der Waals surface area contributed by atoms with Crippen LogP contribution in [0.1, 0.15) is 25.8 Å². The minimum atomic E-state index is -0.420. The molecule has 20 heavy (non-hydrogen) atoms. The number of nitrogens with zero attached hydrogens (tertiary/aromatic N) is 2. The number of benzene rings is 1. The molecule has 0 saturated carbocycles. The number of amides is 1. The third kappa shape index (κ3) is 3.17. The number of halogens is 1. The summed E-state index contributed by atoms with van der Waals surface area (Å²) in [6, 6.07) is 5.00. The Bertz CT molecular complexity index is 545. The minimum absolute atomic E-state index is 0.0366. The number of nitro groups is 1. The number of rotatable bonds is 4. The van der Waals surface area contributed by atoms with Crippen molar-refractivity contribution < 1.29 is 9.72 Å². The van der Waals surface area contributed by atoms with Gasteiger partial charge in [0.25, 0.3) is 5.69 Å². The quantitative estimate of drug-likeness (QED) is 0.623. The molecule has 1 fully saturated rings. The molecule has 1 unspecified atom stereocenters. The molecule has 108 valence electrons. The molecule has 0 spiro atoms. The first-order chi connectivity index (χ1) is 9.38. The molecule has 0 radical (unpaired) electrons. The first-order valence-corrected chi connectivity index (χ1v) is 7.38. The van der Waals surface area contributed by atoms with Gasteiger partial charge in [0.2, 0.25) is 5.91 Å². The van der Waals surface area contributed by atoms with E-state index in [1.54, 1.807) is 11.0 Å². The van der Waals surface area contributed by atoms with E-state index in [-0.39, 0.29) is 11.6 Å². The Morgan fingerprint density at radius 2 is 2.20 bits per heavy atom. The largest absolute Gasteiger partial charge is 0.338 e. The lowest BCUT2D eigenvalue weighted by molar-refractivity contribution is -0.385. The zero-order valence-corrected chi connectivity index (χ0v) is 13.1. The van der Waals surface area contributed by atoms with Crippen molar-refractivity contribution in [1.29, 1.82) is 0 Å². The van der Waals surface area contributed by atoms with Gasteiger partial charge < -0.3 is 4.90 Å². The Kier molecular flexibility index (Phi) is 4.42. The maximum atomic E-state index is 12.0. The molecule has 1 aromatic carbocycles. The molecule has 0 bridgehead atoms. The van der Waals surface area contributed by atoms with Crippen LogP contribution >= 0.6 is 15.9 Å². The number of hydrogen-bond donors (Lipinski definition) is 0. The third-order valence-electron chi connectivity index (χ3n) is 3.77. The lowest BCUT2D eigenvalue weighted by atomic mass is 9.95. The molecule has 6 heteroatoms. The number of likely N-dealkylation sites (tertiary alicyclic amines) is 1. The molecular weight excluding hydrogens is 324 g/mol. The fraction of sp³-hybridized carbons (Fsp3) is 0.500. The van der Waals surface area contributed by atoms with Crippen LogP contribution in [0, 0.1) is 22.0 Å². The van der Waals surface area contributed by atoms with Gasteiger partial charge >= 0.3 is 0 Å². The van der Waals surface area contributed by atoms with Crippen molar-refractivity contribution in [2.75, 3.05) is 6.54 Å². The van der Waals surface area contributed by atoms with Gasteiger partial charge in [0.1, 0.15) is 0 Å². The summed E-state index contributed by atoms with van der Waals surface area (Å²) in [5, 5.41) is 10.9. The van der Waals surface area contributed by atoms with Crippen molar-refractivity contribution in [3.8, 4) is 0 Å². The van der Waals surface area contributed by atoms with Gasteiger partial charge in [-0.15, -0.1) is 0 Å². The predicted molar refractivity (Wildman–Crippen MR) is 79.2 cm³/mol. The van der Waals surface area contributed by atoms with Crippen LogP contribution < -0.4 is 0 Å². The van der Waals surface area contributed by atoms with Crippen LogP contribution in [0.25, 0.3) is 0 Å². The van der Waals surface area contributed by atoms with Crippen LogP contribution in [0.5, 0.6) is 0 Å². The lowest BCUT2D eigenvalue weighted by Crippen LogP contribution is -2.25. The maximum Gasteiger partial charge on any atom is 0.283 e. The predicted octanol–water partition coefficient (Wildman–Crippen LogP) is 3.36. The summed E-state index contributed by atoms with van der Waals surface area (Å²) in [4.78, 5) is 24.2. The number of nitro benzene ring substituents is 1. The van der Waals surface area contributed by atoms with Gasteiger partial charge in [0, 0.05) is 25.6 Å². The highest BCUT2D eigenvalue weighted by Crippen LogP contribution is 2.29. The monoisotopic (exact) mass is 340 g/mol. The molecule has 5 nitrogen and oxygen atoms in total. The van der Waals surface area contributed by atoms with E-state index in [1.165, 1.54) is 6.07 Å². The number of carbonyl (C=O) groups is 1. The van der Waals surface area contributed by atoms with Crippen LogP contribution in [0.4, 0.5) is 5.69 Å². The average molecular weight is 341 g/mol. The van der Waals surface area contributed by atoms with Crippen molar-refractivity contribution in [3.63, 3.8) is 0 Å². The molecule has 0 aliphatic carbocycles. The van der Waals surface area contributed by atoms with Crippen molar-refractivity contribution in [1.82, 2.24) is 4.90 Å². The highest BCUT2D eigenvalue weighted by atomic mass is 79.9. The van der Waals surface area contributed by atoms with E-state index in [4.69, 9.17) is 0 Å². The molecule has 0 aromatic heterocycles. The van der Waals surface area contributed by atoms with Gasteiger partial charge in [-0.05, 0) is 39.4 Å². The second-order valence-corrected chi connectivity index (χ2v) is 6.38. The normalized spacial score (nSPS) is 18.9. The number of hydrogen-bond acceptors (Lipinski definition) is 3. The van der Waals surface area contributed by atoms with Crippen LogP contribution in [0.15, 0.2) is 22.7 Å². The smallest absolute Gasteiger partial charge is 0.283 e. The lowest BCUT2D eigenvalue weighted by Gasteiger charge is -2.18. The van der Waals surface area contributed by atoms with Crippen LogP contribution in [0.3, 0.4) is 0 Å². The van der Waals surface area contributed by atoms with E-state index >= 15 is 0 Å². The molecule has 1 aliphatic rings. The van der Waals surface area contributed by atoms with E-state index in [0.29, 0.717) is 29.3 Å². The van der Waals surface area contributed by atoms with Gasteiger partial charge in [0.05, 0.1) is 9.40 Å². The second kappa shape index (κ2) is 5.91. The fourth-order valence-electron chi connectivity index (χ4n) is 2.42. The molecule has 2 rings (SSSR count). The molecule has 1 aliphatic heterocycles. The zero-order chi connectivity index (χ0) is 14.9. The van der Waals surface area contributed by atoms with Gasteiger partial charge in [-0.1, -0.05) is 19.9 Å². The molecular formula is C14H17BrN2O3. The van der Waals surface area contributed by atoms with Crippen molar-refractivity contribution in [3.05, 3.63) is 38.3 Å². The first-order valence-electron chi connectivity index (χ1n) is 6.59. The third-order valence-corrected chi connectivity index (χ3v) is 4.44. The first kappa shape index (κ1) is 15.0. The van der Waals surface area contributed by atoms with Crippen LogP contribution in [-0.2, 0) is 11.3 Å². The Hall–Kier alpha value is -1.43. The fourth-order valence-corrected chi connectivity index (χ4v) is 2.81. The SMILES string of the molecule is CC(C)C1CC(=O)N(Cc2ccc(Br)c([N+](=O)[O-])c2)C1. The summed E-state index contributed by atoms with van der Waals surface area (Å²) in [7, 11) is 0. The van der Waals surface area contributed by atoms with Gasteiger partial charge in [-0.2, -0.15) is 0 Å². The topological polar surface area (TPSA) is 63.5 Å². The Labute approximate surface area is 126 Å². The van der Waals surface area contributed by atoms with Crippen molar-refractivity contribution >= 4 is 27.5 Å². The summed E-state index contributed by atoms with van der Waals surface area (Å²) in [5.74, 6) is 0.991. The molecule has 1 heterocycles. The molecule has 1 aromatic rings. The highest BCUT2D eigenvalue weighted by molar-refractivity contribution is 9.10. The highest BCUT2D eigenvalue weighted by Gasteiger charge is 2.31. The summed E-state index contributed by atoms with van der Waals surface area (Å²) in [5.41, 5.74) is 0.826. The number of carbonyl (C=O) groups excluding carboxylic acids is 1. The molecule has 1 saturated heterocycles. The van der Waals surface area contributed by atoms with E-state index in [9.17, 15) is 14.9 Å². The van der Waals surface area contributed by atoms with E-state index in [0.717, 1.165) is 12.1 Å². The van der Waals surface area contributed by atoms with Crippen molar-refractivity contribution in [2.45, 2.75) is 26.8 Å². The second-order valence-electron chi connectivity index (χ2n) is 5.53. The van der Waals surface area contributed by atoms with E-state index in [2.05, 4.69) is 29.8 Å². The van der Waals surface area contributed by atoms with Crippen LogP contribution in [-0.4, -0.2) is 22.3 Å². The van der Waals surface area contributed by atoms with E-state index in [1.807, 2.05) is 6.07 Å². The minimum Gasteiger partial charge on any atom is -0.338 e. The molecule has 1 atom stereocenters. The van der Waals surface area contributed by atoms with Gasteiger partial charge in [-0.3, -0.25) is 14.9 Å².